The zero-order valence-corrected chi connectivity index (χ0v) is 15.2. The minimum atomic E-state index is -3.62. The van der Waals surface area contributed by atoms with Crippen molar-refractivity contribution < 1.29 is 8.42 Å². The molecule has 0 spiro atoms. The third kappa shape index (κ3) is 4.74. The predicted molar refractivity (Wildman–Crippen MR) is 102 cm³/mol. The Kier molecular flexibility index (Phi) is 5.25. The molecule has 0 aliphatic carbocycles. The number of nitrogens with zero attached hydrogens (tertiary/aromatic N) is 2. The van der Waals surface area contributed by atoms with Crippen molar-refractivity contribution in [1.29, 1.82) is 0 Å². The van der Waals surface area contributed by atoms with E-state index in [2.05, 4.69) is 9.71 Å². The van der Waals surface area contributed by atoms with Crippen molar-refractivity contribution in [2.24, 2.45) is 7.05 Å². The van der Waals surface area contributed by atoms with Crippen molar-refractivity contribution in [2.75, 3.05) is 4.72 Å². The normalized spacial score (nSPS) is 11.7. The molecule has 0 atom stereocenters. The molecule has 1 N–H and O–H groups in total. The maximum Gasteiger partial charge on any atom is 0.255 e. The number of rotatable bonds is 6. The molecule has 0 radical (unpaired) electrons. The van der Waals surface area contributed by atoms with E-state index in [1.54, 1.807) is 24.4 Å². The average molecular weight is 371 g/mol. The molecule has 0 saturated heterocycles. The molecule has 0 aliphatic rings. The molecule has 0 fully saturated rings. The summed E-state index contributed by atoms with van der Waals surface area (Å²) in [4.78, 5) is 5.04. The second-order valence-electron chi connectivity index (χ2n) is 5.28. The van der Waals surface area contributed by atoms with Crippen LogP contribution in [0.5, 0.6) is 0 Å². The van der Waals surface area contributed by atoms with Crippen LogP contribution < -0.4 is 4.72 Å². The molecule has 5 nitrogen and oxygen atoms in total. The second-order valence-corrected chi connectivity index (χ2v) is 7.85. The lowest BCUT2D eigenvalue weighted by molar-refractivity contribution is 0.609. The largest absolute Gasteiger partial charge is 0.329 e. The number of anilines is 1. The molecular weight excluding hydrogens is 354 g/mol. The number of para-hydroxylation sites is 1. The summed E-state index contributed by atoms with van der Waals surface area (Å²) in [6, 6.07) is 16.5. The fourth-order valence-corrected chi connectivity index (χ4v) is 3.95. The van der Waals surface area contributed by atoms with Gasteiger partial charge in [0.05, 0.1) is 11.1 Å². The van der Waals surface area contributed by atoms with Crippen LogP contribution in [0.15, 0.2) is 82.5 Å². The fraction of sp³-hybridized carbons (Fsp3) is 0.0556. The summed E-state index contributed by atoms with van der Waals surface area (Å²) in [7, 11) is -1.72. The number of aryl methyl sites for hydroxylation is 1. The summed E-state index contributed by atoms with van der Waals surface area (Å²) in [5.74, 6) is 0. The third-order valence-electron chi connectivity index (χ3n) is 3.36. The van der Waals surface area contributed by atoms with Crippen LogP contribution in [-0.2, 0) is 17.1 Å². The van der Waals surface area contributed by atoms with Gasteiger partial charge in [-0.25, -0.2) is 13.4 Å². The Morgan fingerprint density at radius 3 is 2.52 bits per heavy atom. The lowest BCUT2D eigenvalue weighted by atomic mass is 10.2. The van der Waals surface area contributed by atoms with E-state index in [0.717, 1.165) is 15.6 Å². The van der Waals surface area contributed by atoms with E-state index in [4.69, 9.17) is 0 Å². The lowest BCUT2D eigenvalue weighted by Gasteiger charge is -2.10. The zero-order valence-electron chi connectivity index (χ0n) is 13.5. The van der Waals surface area contributed by atoms with E-state index < -0.39 is 10.0 Å². The monoisotopic (exact) mass is 371 g/mol. The first-order valence-electron chi connectivity index (χ1n) is 7.54. The van der Waals surface area contributed by atoms with Gasteiger partial charge in [-0.2, -0.15) is 0 Å². The van der Waals surface area contributed by atoms with Crippen LogP contribution in [0.3, 0.4) is 0 Å². The summed E-state index contributed by atoms with van der Waals surface area (Å²) in [5, 5.41) is 1.95. The molecule has 0 bridgehead atoms. The Balaban J connectivity index is 1.80. The molecule has 3 aromatic rings. The molecule has 0 saturated carbocycles. The van der Waals surface area contributed by atoms with Crippen molar-refractivity contribution in [3.05, 3.63) is 78.0 Å². The van der Waals surface area contributed by atoms with E-state index in [9.17, 15) is 8.42 Å². The molecule has 1 heterocycles. The summed E-state index contributed by atoms with van der Waals surface area (Å²) >= 11 is 1.40. The van der Waals surface area contributed by atoms with E-state index >= 15 is 0 Å². The number of nitrogens with one attached hydrogen (secondary N) is 1. The van der Waals surface area contributed by atoms with Crippen molar-refractivity contribution in [1.82, 2.24) is 9.55 Å². The van der Waals surface area contributed by atoms with Gasteiger partial charge in [-0.3, -0.25) is 4.72 Å². The van der Waals surface area contributed by atoms with Crippen molar-refractivity contribution in [3.8, 4) is 0 Å². The molecule has 0 unspecified atom stereocenters. The molecule has 7 heteroatoms. The van der Waals surface area contributed by atoms with Gasteiger partial charge in [-0.15, -0.1) is 0 Å². The number of sulfonamides is 1. The Morgan fingerprint density at radius 2 is 1.80 bits per heavy atom. The Bertz CT molecular complexity index is 980. The standard InChI is InChI=1S/C18H17N3O2S2/c1-21-13-12-19-18(21)24-17-10-6-5-9-16(17)20-25(22,23)14-11-15-7-3-2-4-8-15/h2-14,20H,1H3/b14-11+. The first-order valence-corrected chi connectivity index (χ1v) is 9.90. The number of hydrogen-bond acceptors (Lipinski definition) is 4. The second kappa shape index (κ2) is 7.58. The molecule has 2 aromatic carbocycles. The van der Waals surface area contributed by atoms with E-state index in [1.165, 1.54) is 17.2 Å². The van der Waals surface area contributed by atoms with E-state index in [1.807, 2.05) is 60.3 Å². The van der Waals surface area contributed by atoms with Gasteiger partial charge in [-0.1, -0.05) is 42.5 Å². The summed E-state index contributed by atoms with van der Waals surface area (Å²) in [6.07, 6.45) is 5.12. The van der Waals surface area contributed by atoms with Crippen molar-refractivity contribution >= 4 is 33.5 Å². The van der Waals surface area contributed by atoms with Gasteiger partial charge in [0.15, 0.2) is 5.16 Å². The van der Waals surface area contributed by atoms with Gasteiger partial charge < -0.3 is 4.57 Å². The maximum atomic E-state index is 12.4. The highest BCUT2D eigenvalue weighted by Gasteiger charge is 2.12. The van der Waals surface area contributed by atoms with Gasteiger partial charge in [0.2, 0.25) is 0 Å². The molecular formula is C18H17N3O2S2. The molecule has 1 aromatic heterocycles. The van der Waals surface area contributed by atoms with Gasteiger partial charge >= 0.3 is 0 Å². The van der Waals surface area contributed by atoms with Gasteiger partial charge in [0.25, 0.3) is 10.0 Å². The Labute approximate surface area is 151 Å². The number of hydrogen-bond donors (Lipinski definition) is 1. The van der Waals surface area contributed by atoms with E-state index in [-0.39, 0.29) is 0 Å². The highest BCUT2D eigenvalue weighted by atomic mass is 32.2. The molecule has 3 rings (SSSR count). The first-order chi connectivity index (χ1) is 12.0. The highest BCUT2D eigenvalue weighted by Crippen LogP contribution is 2.32. The minimum Gasteiger partial charge on any atom is -0.329 e. The number of benzene rings is 2. The lowest BCUT2D eigenvalue weighted by Crippen LogP contribution is -2.09. The van der Waals surface area contributed by atoms with Crippen LogP contribution in [0.25, 0.3) is 6.08 Å². The average Bonchev–Trinajstić information content (AvgIpc) is 3.01. The number of imidazole rings is 1. The van der Waals surface area contributed by atoms with Crippen LogP contribution in [0.1, 0.15) is 5.56 Å². The Hall–Kier alpha value is -2.51. The molecule has 0 aliphatic heterocycles. The van der Waals surface area contributed by atoms with Crippen LogP contribution in [0.4, 0.5) is 5.69 Å². The smallest absolute Gasteiger partial charge is 0.255 e. The molecule has 25 heavy (non-hydrogen) atoms. The van der Waals surface area contributed by atoms with Crippen molar-refractivity contribution in [2.45, 2.75) is 10.1 Å². The van der Waals surface area contributed by atoms with Gasteiger partial charge in [-0.05, 0) is 35.5 Å². The first kappa shape index (κ1) is 17.3. The zero-order chi connectivity index (χ0) is 17.7. The minimum absolute atomic E-state index is 0.521. The summed E-state index contributed by atoms with van der Waals surface area (Å²) in [5.41, 5.74) is 1.34. The van der Waals surface area contributed by atoms with Gasteiger partial charge in [0.1, 0.15) is 0 Å². The van der Waals surface area contributed by atoms with E-state index in [0.29, 0.717) is 5.69 Å². The maximum absolute atomic E-state index is 12.4. The quantitative estimate of drug-likeness (QED) is 0.712. The Morgan fingerprint density at radius 1 is 1.08 bits per heavy atom. The topological polar surface area (TPSA) is 64.0 Å². The molecule has 128 valence electrons. The fourth-order valence-electron chi connectivity index (χ4n) is 2.11. The highest BCUT2D eigenvalue weighted by molar-refractivity contribution is 7.99. The van der Waals surface area contributed by atoms with Crippen LogP contribution >= 0.6 is 11.8 Å². The van der Waals surface area contributed by atoms with Gasteiger partial charge in [0, 0.05) is 24.3 Å². The number of aromatic nitrogens is 2. The summed E-state index contributed by atoms with van der Waals surface area (Å²) in [6.45, 7) is 0. The van der Waals surface area contributed by atoms with Crippen LogP contribution in [-0.4, -0.2) is 18.0 Å². The van der Waals surface area contributed by atoms with Crippen LogP contribution in [0.2, 0.25) is 0 Å². The van der Waals surface area contributed by atoms with Crippen molar-refractivity contribution in [3.63, 3.8) is 0 Å². The predicted octanol–water partition coefficient (Wildman–Crippen LogP) is 3.98. The van der Waals surface area contributed by atoms with Crippen LogP contribution in [0, 0.1) is 0 Å². The SMILES string of the molecule is Cn1ccnc1Sc1ccccc1NS(=O)(=O)/C=C/c1ccccc1. The molecule has 0 amide bonds. The third-order valence-corrected chi connectivity index (χ3v) is 5.51. The summed E-state index contributed by atoms with van der Waals surface area (Å²) < 4.78 is 29.2.